The Kier molecular flexibility index (Phi) is 6.75. The van der Waals surface area contributed by atoms with Crippen molar-refractivity contribution in [2.75, 3.05) is 18.4 Å². The summed E-state index contributed by atoms with van der Waals surface area (Å²) in [5, 5.41) is 8.96. The topological polar surface area (TPSA) is 113 Å². The molecule has 0 saturated carbocycles. The molecule has 4 rings (SSSR count). The highest BCUT2D eigenvalue weighted by molar-refractivity contribution is 5.92. The van der Waals surface area contributed by atoms with Gasteiger partial charge < -0.3 is 20.1 Å². The van der Waals surface area contributed by atoms with Crippen molar-refractivity contribution in [1.29, 1.82) is 0 Å². The largest absolute Gasteiger partial charge is 0.471 e. The second kappa shape index (κ2) is 9.89. The summed E-state index contributed by atoms with van der Waals surface area (Å²) in [6, 6.07) is 10.6. The summed E-state index contributed by atoms with van der Waals surface area (Å²) >= 11 is 0. The van der Waals surface area contributed by atoms with Crippen molar-refractivity contribution in [2.24, 2.45) is 0 Å². The SMILES string of the molecule is O=C(NCC1CCCCN1C(=O)Nc1ccc(-c2noc(C(F)(F)F)n2)cc1)c1ccccn1. The maximum absolute atomic E-state index is 12.9. The van der Waals surface area contributed by atoms with E-state index in [1.54, 1.807) is 35.2 Å². The number of halogens is 3. The summed E-state index contributed by atoms with van der Waals surface area (Å²) in [5.74, 6) is -1.94. The lowest BCUT2D eigenvalue weighted by molar-refractivity contribution is -0.159. The Labute approximate surface area is 192 Å². The molecule has 1 saturated heterocycles. The average Bonchev–Trinajstić information content (AvgIpc) is 3.35. The molecule has 1 unspecified atom stereocenters. The number of anilines is 1. The molecule has 12 heteroatoms. The van der Waals surface area contributed by atoms with Crippen molar-refractivity contribution >= 4 is 17.6 Å². The van der Waals surface area contributed by atoms with Gasteiger partial charge in [0.1, 0.15) is 5.69 Å². The van der Waals surface area contributed by atoms with Gasteiger partial charge in [0.25, 0.3) is 5.91 Å². The minimum Gasteiger partial charge on any atom is -0.349 e. The first-order valence-electron chi connectivity index (χ1n) is 10.6. The number of piperidine rings is 1. The molecule has 0 spiro atoms. The predicted molar refractivity (Wildman–Crippen MR) is 115 cm³/mol. The van der Waals surface area contributed by atoms with E-state index in [0.29, 0.717) is 30.0 Å². The summed E-state index contributed by atoms with van der Waals surface area (Å²) < 4.78 is 42.2. The third-order valence-corrected chi connectivity index (χ3v) is 5.35. The van der Waals surface area contributed by atoms with Gasteiger partial charge in [-0.2, -0.15) is 18.2 Å². The Morgan fingerprint density at radius 3 is 2.59 bits per heavy atom. The highest BCUT2D eigenvalue weighted by Crippen LogP contribution is 2.29. The summed E-state index contributed by atoms with van der Waals surface area (Å²) in [6.45, 7) is 0.832. The zero-order valence-electron chi connectivity index (χ0n) is 17.9. The molecule has 3 aromatic rings. The molecule has 2 N–H and O–H groups in total. The number of amides is 3. The Morgan fingerprint density at radius 1 is 1.12 bits per heavy atom. The molecule has 0 aliphatic carbocycles. The van der Waals surface area contributed by atoms with Crippen molar-refractivity contribution in [2.45, 2.75) is 31.5 Å². The van der Waals surface area contributed by atoms with E-state index in [4.69, 9.17) is 0 Å². The number of pyridine rings is 1. The number of aromatic nitrogens is 3. The van der Waals surface area contributed by atoms with Crippen LogP contribution in [0, 0.1) is 0 Å². The Bertz CT molecular complexity index is 1130. The van der Waals surface area contributed by atoms with E-state index >= 15 is 0 Å². The van der Waals surface area contributed by atoms with Crippen LogP contribution in [0.5, 0.6) is 0 Å². The fourth-order valence-corrected chi connectivity index (χ4v) is 3.63. The second-order valence-corrected chi connectivity index (χ2v) is 7.70. The molecule has 1 fully saturated rings. The van der Waals surface area contributed by atoms with Crippen molar-refractivity contribution in [3.8, 4) is 11.4 Å². The normalized spacial score (nSPS) is 16.2. The van der Waals surface area contributed by atoms with Crippen LogP contribution in [0.3, 0.4) is 0 Å². The number of carbonyl (C=O) groups is 2. The van der Waals surface area contributed by atoms with Crippen molar-refractivity contribution in [3.63, 3.8) is 0 Å². The highest BCUT2D eigenvalue weighted by Gasteiger charge is 2.38. The number of alkyl halides is 3. The first kappa shape index (κ1) is 23.2. The molecule has 9 nitrogen and oxygen atoms in total. The molecular formula is C22H21F3N6O3. The smallest absolute Gasteiger partial charge is 0.349 e. The lowest BCUT2D eigenvalue weighted by Gasteiger charge is -2.35. The molecule has 3 heterocycles. The van der Waals surface area contributed by atoms with Crippen molar-refractivity contribution in [1.82, 2.24) is 25.3 Å². The monoisotopic (exact) mass is 474 g/mol. The van der Waals surface area contributed by atoms with Gasteiger partial charge in [-0.25, -0.2) is 4.79 Å². The van der Waals surface area contributed by atoms with Crippen LogP contribution >= 0.6 is 0 Å². The number of rotatable bonds is 5. The van der Waals surface area contributed by atoms with Gasteiger partial charge in [0.15, 0.2) is 0 Å². The van der Waals surface area contributed by atoms with Crippen LogP contribution in [-0.4, -0.2) is 51.1 Å². The molecule has 1 aliphatic heterocycles. The maximum atomic E-state index is 12.9. The number of urea groups is 1. The first-order chi connectivity index (χ1) is 16.3. The summed E-state index contributed by atoms with van der Waals surface area (Å²) in [4.78, 5) is 34.2. The van der Waals surface area contributed by atoms with E-state index in [1.807, 2.05) is 0 Å². The molecule has 0 radical (unpaired) electrons. The van der Waals surface area contributed by atoms with Gasteiger partial charge in [0, 0.05) is 30.5 Å². The van der Waals surface area contributed by atoms with E-state index < -0.39 is 12.1 Å². The van der Waals surface area contributed by atoms with Crippen LogP contribution in [-0.2, 0) is 6.18 Å². The minimum atomic E-state index is -4.72. The Balaban J connectivity index is 1.36. The fourth-order valence-electron chi connectivity index (χ4n) is 3.63. The molecule has 2 aromatic heterocycles. The Hall–Kier alpha value is -3.96. The van der Waals surface area contributed by atoms with Crippen LogP contribution in [0.25, 0.3) is 11.4 Å². The standard InChI is InChI=1S/C22H21F3N6O3/c23-22(24,25)20-29-18(30-34-20)14-7-9-15(10-8-14)28-21(33)31-12-4-2-5-16(31)13-27-19(32)17-6-1-3-11-26-17/h1,3,6-11,16H,2,4-5,12-13H2,(H,27,32)(H,28,33). The van der Waals surface area contributed by atoms with Crippen LogP contribution in [0.1, 0.15) is 35.6 Å². The van der Waals surface area contributed by atoms with Gasteiger partial charge in [0.2, 0.25) is 5.82 Å². The number of hydrogen-bond acceptors (Lipinski definition) is 6. The van der Waals surface area contributed by atoms with Crippen molar-refractivity contribution in [3.05, 3.63) is 60.2 Å². The molecule has 1 aliphatic rings. The van der Waals surface area contributed by atoms with Gasteiger partial charge in [-0.1, -0.05) is 11.2 Å². The van der Waals surface area contributed by atoms with Gasteiger partial charge >= 0.3 is 18.1 Å². The lowest BCUT2D eigenvalue weighted by Crippen LogP contribution is -2.50. The number of likely N-dealkylation sites (tertiary alicyclic amines) is 1. The van der Waals surface area contributed by atoms with Crippen LogP contribution in [0.4, 0.5) is 23.7 Å². The highest BCUT2D eigenvalue weighted by atomic mass is 19.4. The Morgan fingerprint density at radius 2 is 1.91 bits per heavy atom. The summed E-state index contributed by atoms with van der Waals surface area (Å²) in [7, 11) is 0. The molecule has 0 bridgehead atoms. The van der Waals surface area contributed by atoms with E-state index in [9.17, 15) is 22.8 Å². The minimum absolute atomic E-state index is 0.180. The zero-order valence-corrected chi connectivity index (χ0v) is 17.9. The molecule has 34 heavy (non-hydrogen) atoms. The zero-order chi connectivity index (χ0) is 24.1. The number of carbonyl (C=O) groups excluding carboxylic acids is 2. The first-order valence-corrected chi connectivity index (χ1v) is 10.6. The second-order valence-electron chi connectivity index (χ2n) is 7.70. The summed E-state index contributed by atoms with van der Waals surface area (Å²) in [6.07, 6.45) is -0.659. The molecule has 1 aromatic carbocycles. The van der Waals surface area contributed by atoms with E-state index in [-0.39, 0.29) is 23.8 Å². The van der Waals surface area contributed by atoms with Crippen LogP contribution in [0.15, 0.2) is 53.2 Å². The quantitative estimate of drug-likeness (QED) is 0.579. The molecule has 3 amide bonds. The molecule has 1 atom stereocenters. The number of nitrogens with one attached hydrogen (secondary N) is 2. The van der Waals surface area contributed by atoms with Gasteiger partial charge in [-0.05, 0) is 55.7 Å². The number of hydrogen-bond donors (Lipinski definition) is 2. The lowest BCUT2D eigenvalue weighted by atomic mass is 10.0. The third-order valence-electron chi connectivity index (χ3n) is 5.35. The van der Waals surface area contributed by atoms with Crippen molar-refractivity contribution < 1.29 is 27.3 Å². The van der Waals surface area contributed by atoms with Crippen LogP contribution < -0.4 is 10.6 Å². The van der Waals surface area contributed by atoms with E-state index in [1.165, 1.54) is 18.3 Å². The van der Waals surface area contributed by atoms with Gasteiger partial charge in [-0.15, -0.1) is 0 Å². The third kappa shape index (κ3) is 5.50. The molecular weight excluding hydrogens is 453 g/mol. The number of nitrogens with zero attached hydrogens (tertiary/aromatic N) is 4. The summed E-state index contributed by atoms with van der Waals surface area (Å²) in [5.41, 5.74) is 1.07. The fraction of sp³-hybridized carbons (Fsp3) is 0.318. The van der Waals surface area contributed by atoms with E-state index in [2.05, 4.69) is 30.3 Å². The van der Waals surface area contributed by atoms with Crippen LogP contribution in [0.2, 0.25) is 0 Å². The average molecular weight is 474 g/mol. The number of benzene rings is 1. The van der Waals surface area contributed by atoms with Gasteiger partial charge in [0.05, 0.1) is 6.04 Å². The van der Waals surface area contributed by atoms with E-state index in [0.717, 1.165) is 19.3 Å². The van der Waals surface area contributed by atoms with Gasteiger partial charge in [-0.3, -0.25) is 9.78 Å². The maximum Gasteiger partial charge on any atom is 0.471 e. The predicted octanol–water partition coefficient (Wildman–Crippen LogP) is 3.97. The molecule has 178 valence electrons.